The Morgan fingerprint density at radius 3 is 2.65 bits per heavy atom. The van der Waals surface area contributed by atoms with E-state index in [1.54, 1.807) is 19.1 Å². The molecule has 0 saturated heterocycles. The summed E-state index contributed by atoms with van der Waals surface area (Å²) in [5.74, 6) is -0.495. The van der Waals surface area contributed by atoms with Gasteiger partial charge in [0.1, 0.15) is 0 Å². The van der Waals surface area contributed by atoms with Gasteiger partial charge >= 0.3 is 5.97 Å². The molecule has 1 aromatic carbocycles. The topological polar surface area (TPSA) is 55.4 Å². The second-order valence-corrected chi connectivity index (χ2v) is 6.81. The van der Waals surface area contributed by atoms with Gasteiger partial charge in [0.25, 0.3) is 5.91 Å². The van der Waals surface area contributed by atoms with Gasteiger partial charge in [-0.3, -0.25) is 4.79 Å². The monoisotopic (exact) mass is 357 g/mol. The number of halogens is 2. The van der Waals surface area contributed by atoms with Crippen molar-refractivity contribution in [3.63, 3.8) is 0 Å². The van der Waals surface area contributed by atoms with Crippen molar-refractivity contribution in [2.75, 3.05) is 0 Å². The highest BCUT2D eigenvalue weighted by molar-refractivity contribution is 6.43. The Balaban J connectivity index is 1.95. The largest absolute Gasteiger partial charge is 0.449 e. The Morgan fingerprint density at radius 1 is 1.26 bits per heavy atom. The molecule has 2 rings (SSSR count). The first-order valence-electron chi connectivity index (χ1n) is 7.85. The number of ether oxygens (including phenoxy) is 1. The first-order valence-corrected chi connectivity index (χ1v) is 8.61. The minimum absolute atomic E-state index is 0.132. The summed E-state index contributed by atoms with van der Waals surface area (Å²) < 4.78 is 5.22. The van der Waals surface area contributed by atoms with Gasteiger partial charge in [-0.1, -0.05) is 49.0 Å². The fourth-order valence-corrected chi connectivity index (χ4v) is 3.15. The molecular weight excluding hydrogens is 337 g/mol. The van der Waals surface area contributed by atoms with Crippen molar-refractivity contribution in [3.8, 4) is 0 Å². The molecule has 0 spiro atoms. The summed E-state index contributed by atoms with van der Waals surface area (Å²) in [5, 5.41) is 3.38. The van der Waals surface area contributed by atoms with Crippen molar-refractivity contribution in [1.82, 2.24) is 5.32 Å². The average molecular weight is 358 g/mol. The summed E-state index contributed by atoms with van der Waals surface area (Å²) in [4.78, 5) is 24.4. The summed E-state index contributed by atoms with van der Waals surface area (Å²) in [6, 6.07) is 4.86. The van der Waals surface area contributed by atoms with Crippen molar-refractivity contribution in [3.05, 3.63) is 33.8 Å². The van der Waals surface area contributed by atoms with Crippen LogP contribution in [0.1, 0.15) is 49.9 Å². The van der Waals surface area contributed by atoms with Gasteiger partial charge < -0.3 is 10.1 Å². The highest BCUT2D eigenvalue weighted by atomic mass is 35.5. The third-order valence-corrected chi connectivity index (χ3v) is 5.08. The summed E-state index contributed by atoms with van der Waals surface area (Å²) in [5.41, 5.74) is 0.157. The smallest absolute Gasteiger partial charge is 0.340 e. The maximum absolute atomic E-state index is 12.2. The molecule has 0 aromatic heterocycles. The molecule has 1 aliphatic carbocycles. The standard InChI is InChI=1S/C17H21Cl2NO3/c1-10-6-3-4-9-14(10)20-16(21)11(2)23-17(22)12-7-5-8-13(18)15(12)19/h5,7-8,10-11,14H,3-4,6,9H2,1-2H3,(H,20,21)/t10-,11-,14-/m1/s1. The molecule has 1 fully saturated rings. The van der Waals surface area contributed by atoms with E-state index in [2.05, 4.69) is 12.2 Å². The molecule has 0 unspecified atom stereocenters. The van der Waals surface area contributed by atoms with Crippen LogP contribution in [0.15, 0.2) is 18.2 Å². The van der Waals surface area contributed by atoms with E-state index < -0.39 is 12.1 Å². The van der Waals surface area contributed by atoms with Gasteiger partial charge in [-0.2, -0.15) is 0 Å². The zero-order chi connectivity index (χ0) is 17.0. The van der Waals surface area contributed by atoms with Crippen LogP contribution in [0.25, 0.3) is 0 Å². The molecule has 1 saturated carbocycles. The zero-order valence-electron chi connectivity index (χ0n) is 13.3. The predicted molar refractivity (Wildman–Crippen MR) is 90.9 cm³/mol. The van der Waals surface area contributed by atoms with Gasteiger partial charge in [-0.05, 0) is 37.8 Å². The first kappa shape index (κ1) is 18.1. The highest BCUT2D eigenvalue weighted by Gasteiger charge is 2.27. The number of amides is 1. The van der Waals surface area contributed by atoms with Crippen molar-refractivity contribution in [2.45, 2.75) is 51.7 Å². The number of carbonyl (C=O) groups excluding carboxylic acids is 2. The molecule has 0 bridgehead atoms. The van der Waals surface area contributed by atoms with E-state index in [0.29, 0.717) is 5.92 Å². The van der Waals surface area contributed by atoms with Crippen LogP contribution in [0.5, 0.6) is 0 Å². The Labute approximate surface area is 146 Å². The van der Waals surface area contributed by atoms with Crippen molar-refractivity contribution in [2.24, 2.45) is 5.92 Å². The second-order valence-electron chi connectivity index (χ2n) is 6.03. The first-order chi connectivity index (χ1) is 10.9. The second kappa shape index (κ2) is 8.02. The van der Waals surface area contributed by atoms with Gasteiger partial charge in [-0.15, -0.1) is 0 Å². The molecule has 126 valence electrons. The summed E-state index contributed by atoms with van der Waals surface area (Å²) in [6.07, 6.45) is 3.50. The van der Waals surface area contributed by atoms with Crippen LogP contribution in [-0.2, 0) is 9.53 Å². The lowest BCUT2D eigenvalue weighted by atomic mass is 9.86. The van der Waals surface area contributed by atoms with Crippen LogP contribution in [-0.4, -0.2) is 24.0 Å². The van der Waals surface area contributed by atoms with Gasteiger partial charge in [0.15, 0.2) is 6.10 Å². The van der Waals surface area contributed by atoms with Crippen LogP contribution < -0.4 is 5.32 Å². The Kier molecular flexibility index (Phi) is 6.31. The minimum Gasteiger partial charge on any atom is -0.449 e. The lowest BCUT2D eigenvalue weighted by Gasteiger charge is -2.30. The molecule has 0 heterocycles. The van der Waals surface area contributed by atoms with E-state index in [9.17, 15) is 9.59 Å². The van der Waals surface area contributed by atoms with E-state index in [0.717, 1.165) is 19.3 Å². The SMILES string of the molecule is C[C@@H]1CCCC[C@H]1NC(=O)[C@@H](C)OC(=O)c1cccc(Cl)c1Cl. The van der Waals surface area contributed by atoms with E-state index in [1.165, 1.54) is 12.5 Å². The van der Waals surface area contributed by atoms with Crippen LogP contribution in [0.4, 0.5) is 0 Å². The molecule has 1 aromatic rings. The molecule has 1 N–H and O–H groups in total. The van der Waals surface area contributed by atoms with Crippen molar-refractivity contribution in [1.29, 1.82) is 0 Å². The zero-order valence-corrected chi connectivity index (χ0v) is 14.8. The Morgan fingerprint density at radius 2 is 1.96 bits per heavy atom. The normalized spacial score (nSPS) is 22.3. The number of rotatable bonds is 4. The fourth-order valence-electron chi connectivity index (χ4n) is 2.77. The molecule has 0 radical (unpaired) electrons. The number of nitrogens with one attached hydrogen (secondary N) is 1. The summed E-state index contributed by atoms with van der Waals surface area (Å²) in [6.45, 7) is 3.69. The van der Waals surface area contributed by atoms with Crippen molar-refractivity contribution >= 4 is 35.1 Å². The number of hydrogen-bond acceptors (Lipinski definition) is 3. The maximum Gasteiger partial charge on any atom is 0.340 e. The number of hydrogen-bond donors (Lipinski definition) is 1. The van der Waals surface area contributed by atoms with E-state index >= 15 is 0 Å². The van der Waals surface area contributed by atoms with Gasteiger partial charge in [0, 0.05) is 6.04 Å². The van der Waals surface area contributed by atoms with Crippen LogP contribution >= 0.6 is 23.2 Å². The van der Waals surface area contributed by atoms with Gasteiger partial charge in [0.05, 0.1) is 15.6 Å². The summed E-state index contributed by atoms with van der Waals surface area (Å²) >= 11 is 11.9. The van der Waals surface area contributed by atoms with Crippen molar-refractivity contribution < 1.29 is 14.3 Å². The van der Waals surface area contributed by atoms with Gasteiger partial charge in [-0.25, -0.2) is 4.79 Å². The van der Waals surface area contributed by atoms with Crippen LogP contribution in [0.2, 0.25) is 10.0 Å². The highest BCUT2D eigenvalue weighted by Crippen LogP contribution is 2.26. The molecule has 23 heavy (non-hydrogen) atoms. The molecule has 6 heteroatoms. The predicted octanol–water partition coefficient (Wildman–Crippen LogP) is 4.23. The van der Waals surface area contributed by atoms with E-state index in [-0.39, 0.29) is 27.6 Å². The molecule has 3 atom stereocenters. The lowest BCUT2D eigenvalue weighted by molar-refractivity contribution is -0.130. The van der Waals surface area contributed by atoms with Gasteiger partial charge in [0.2, 0.25) is 0 Å². The number of carbonyl (C=O) groups is 2. The minimum atomic E-state index is -0.883. The van der Waals surface area contributed by atoms with E-state index in [1.807, 2.05) is 0 Å². The molecule has 0 aliphatic heterocycles. The maximum atomic E-state index is 12.2. The number of benzene rings is 1. The number of esters is 1. The third-order valence-electron chi connectivity index (χ3n) is 4.26. The molecular formula is C17H21Cl2NO3. The van der Waals surface area contributed by atoms with E-state index in [4.69, 9.17) is 27.9 Å². The van der Waals surface area contributed by atoms with Crippen LogP contribution in [0, 0.1) is 5.92 Å². The molecule has 1 amide bonds. The third kappa shape index (κ3) is 4.61. The van der Waals surface area contributed by atoms with Crippen LogP contribution in [0.3, 0.4) is 0 Å². The fraction of sp³-hybridized carbons (Fsp3) is 0.529. The molecule has 1 aliphatic rings. The Bertz CT molecular complexity index is 591. The summed E-state index contributed by atoms with van der Waals surface area (Å²) in [7, 11) is 0. The Hall–Kier alpha value is -1.26. The average Bonchev–Trinajstić information content (AvgIpc) is 2.52. The quantitative estimate of drug-likeness (QED) is 0.820. The molecule has 4 nitrogen and oxygen atoms in total. The lowest BCUT2D eigenvalue weighted by Crippen LogP contribution is -2.46.